The van der Waals surface area contributed by atoms with Crippen LogP contribution in [0.4, 0.5) is 0 Å². The molecule has 0 saturated heterocycles. The van der Waals surface area contributed by atoms with E-state index in [0.717, 1.165) is 43.1 Å². The Kier molecular flexibility index (Phi) is 7.62. The Bertz CT molecular complexity index is 378. The molecule has 0 aromatic carbocycles. The van der Waals surface area contributed by atoms with Crippen molar-refractivity contribution in [3.63, 3.8) is 0 Å². The molecule has 3 N–H and O–H groups in total. The topological polar surface area (TPSA) is 71.2 Å². The van der Waals surface area contributed by atoms with Crippen LogP contribution in [0.5, 0.6) is 0 Å². The monoisotopic (exact) mass is 284 g/mol. The molecule has 0 aliphatic heterocycles. The number of amides is 1. The zero-order chi connectivity index (χ0) is 14.1. The van der Waals surface area contributed by atoms with Crippen LogP contribution in [-0.2, 0) is 17.6 Å². The van der Waals surface area contributed by atoms with Gasteiger partial charge in [0.2, 0.25) is 5.91 Å². The molecule has 1 aromatic rings. The predicted molar refractivity (Wildman–Crippen MR) is 79.4 cm³/mol. The van der Waals surface area contributed by atoms with E-state index in [0.29, 0.717) is 13.0 Å². The van der Waals surface area contributed by atoms with Gasteiger partial charge in [-0.3, -0.25) is 4.79 Å². The summed E-state index contributed by atoms with van der Waals surface area (Å²) in [5, 5.41) is 5.88. The van der Waals surface area contributed by atoms with E-state index in [1.807, 2.05) is 5.38 Å². The maximum atomic E-state index is 11.7. The minimum Gasteiger partial charge on any atom is -0.356 e. The number of thiazole rings is 1. The zero-order valence-electron chi connectivity index (χ0n) is 11.8. The molecule has 19 heavy (non-hydrogen) atoms. The highest BCUT2D eigenvalue weighted by atomic mass is 32.1. The van der Waals surface area contributed by atoms with Crippen LogP contribution < -0.4 is 11.1 Å². The van der Waals surface area contributed by atoms with E-state index in [9.17, 15) is 4.79 Å². The first-order chi connectivity index (χ1) is 9.11. The predicted octanol–water partition coefficient (Wildman–Crippen LogP) is 0.645. The molecule has 0 bridgehead atoms. The summed E-state index contributed by atoms with van der Waals surface area (Å²) >= 11 is 1.57. The fourth-order valence-electron chi connectivity index (χ4n) is 1.68. The van der Waals surface area contributed by atoms with Crippen LogP contribution in [0.1, 0.15) is 23.5 Å². The second-order valence-corrected chi connectivity index (χ2v) is 5.75. The number of hydrogen-bond donors (Lipinski definition) is 2. The van der Waals surface area contributed by atoms with Crippen molar-refractivity contribution in [3.8, 4) is 0 Å². The Morgan fingerprint density at radius 1 is 1.47 bits per heavy atom. The minimum absolute atomic E-state index is 0.0504. The third-order valence-corrected chi connectivity index (χ3v) is 3.61. The van der Waals surface area contributed by atoms with Gasteiger partial charge in [-0.2, -0.15) is 0 Å². The molecule has 0 radical (unpaired) electrons. The van der Waals surface area contributed by atoms with Crippen molar-refractivity contribution in [3.05, 3.63) is 16.1 Å². The molecule has 6 heteroatoms. The number of carbonyl (C=O) groups excluding carboxylic acids is 1. The molecule has 0 aliphatic rings. The van der Waals surface area contributed by atoms with E-state index >= 15 is 0 Å². The van der Waals surface area contributed by atoms with Crippen LogP contribution in [-0.4, -0.2) is 49.5 Å². The van der Waals surface area contributed by atoms with Crippen LogP contribution in [0.2, 0.25) is 0 Å². The summed E-state index contributed by atoms with van der Waals surface area (Å²) in [6.07, 6.45) is 3.27. The van der Waals surface area contributed by atoms with Gasteiger partial charge in [-0.1, -0.05) is 0 Å². The van der Waals surface area contributed by atoms with Gasteiger partial charge in [-0.05, 0) is 40.0 Å². The lowest BCUT2D eigenvalue weighted by atomic mass is 10.3. The average molecular weight is 284 g/mol. The Labute approximate surface area is 119 Å². The van der Waals surface area contributed by atoms with Gasteiger partial charge in [0.05, 0.1) is 17.1 Å². The largest absolute Gasteiger partial charge is 0.356 e. The second kappa shape index (κ2) is 9.01. The van der Waals surface area contributed by atoms with Crippen molar-refractivity contribution < 1.29 is 4.79 Å². The van der Waals surface area contributed by atoms with Crippen LogP contribution in [0.3, 0.4) is 0 Å². The highest BCUT2D eigenvalue weighted by Crippen LogP contribution is 2.10. The first kappa shape index (κ1) is 16.1. The molecule has 0 aliphatic carbocycles. The lowest BCUT2D eigenvalue weighted by Crippen LogP contribution is -2.26. The third-order valence-electron chi connectivity index (χ3n) is 2.65. The molecule has 1 rings (SSSR count). The highest BCUT2D eigenvalue weighted by molar-refractivity contribution is 7.09. The number of hydrogen-bond acceptors (Lipinski definition) is 5. The van der Waals surface area contributed by atoms with Crippen molar-refractivity contribution in [2.45, 2.75) is 25.7 Å². The van der Waals surface area contributed by atoms with E-state index in [1.54, 1.807) is 11.3 Å². The van der Waals surface area contributed by atoms with E-state index in [-0.39, 0.29) is 5.91 Å². The lowest BCUT2D eigenvalue weighted by Gasteiger charge is -2.09. The summed E-state index contributed by atoms with van der Waals surface area (Å²) in [6.45, 7) is 2.40. The van der Waals surface area contributed by atoms with Gasteiger partial charge < -0.3 is 16.0 Å². The molecule has 1 aromatic heterocycles. The number of unbranched alkanes of at least 4 members (excludes halogenated alkanes) is 1. The molecular weight excluding hydrogens is 260 g/mol. The van der Waals surface area contributed by atoms with Crippen LogP contribution in [0, 0.1) is 0 Å². The first-order valence-corrected chi connectivity index (χ1v) is 7.54. The molecule has 0 atom stereocenters. The minimum atomic E-state index is 0.0504. The SMILES string of the molecule is CN(C)CCCCNC(=O)Cc1csc(CCN)n1. The molecule has 108 valence electrons. The maximum absolute atomic E-state index is 11.7. The zero-order valence-corrected chi connectivity index (χ0v) is 12.6. The van der Waals surface area contributed by atoms with Gasteiger partial charge in [0.25, 0.3) is 0 Å². The van der Waals surface area contributed by atoms with Crippen molar-refractivity contribution in [2.24, 2.45) is 5.73 Å². The maximum Gasteiger partial charge on any atom is 0.226 e. The first-order valence-electron chi connectivity index (χ1n) is 6.66. The molecule has 0 unspecified atom stereocenters. The summed E-state index contributed by atoms with van der Waals surface area (Å²) in [6, 6.07) is 0. The Morgan fingerprint density at radius 3 is 2.95 bits per heavy atom. The molecule has 1 amide bonds. The van der Waals surface area contributed by atoms with Crippen LogP contribution in [0.15, 0.2) is 5.38 Å². The number of rotatable bonds is 9. The number of nitrogens with two attached hydrogens (primary N) is 1. The van der Waals surface area contributed by atoms with E-state index in [1.165, 1.54) is 0 Å². The molecule has 0 spiro atoms. The van der Waals surface area contributed by atoms with Crippen molar-refractivity contribution in [2.75, 3.05) is 33.7 Å². The molecule has 5 nitrogen and oxygen atoms in total. The average Bonchev–Trinajstić information content (AvgIpc) is 2.76. The van der Waals surface area contributed by atoms with E-state index < -0.39 is 0 Å². The van der Waals surface area contributed by atoms with Crippen molar-refractivity contribution in [1.82, 2.24) is 15.2 Å². The van der Waals surface area contributed by atoms with Crippen LogP contribution >= 0.6 is 11.3 Å². The lowest BCUT2D eigenvalue weighted by molar-refractivity contribution is -0.120. The number of aromatic nitrogens is 1. The fourth-order valence-corrected chi connectivity index (χ4v) is 2.49. The van der Waals surface area contributed by atoms with Crippen molar-refractivity contribution >= 4 is 17.2 Å². The summed E-state index contributed by atoms with van der Waals surface area (Å²) in [5.74, 6) is 0.0504. The highest BCUT2D eigenvalue weighted by Gasteiger charge is 2.06. The summed E-state index contributed by atoms with van der Waals surface area (Å²) in [5.41, 5.74) is 6.32. The molecular formula is C13H24N4OS. The van der Waals surface area contributed by atoms with Gasteiger partial charge in [-0.15, -0.1) is 11.3 Å². The summed E-state index contributed by atoms with van der Waals surface area (Å²) in [4.78, 5) is 18.2. The number of nitrogens with one attached hydrogen (secondary N) is 1. The molecule has 0 saturated carbocycles. The standard InChI is InChI=1S/C13H24N4OS/c1-17(2)8-4-3-7-15-12(18)9-11-10-19-13(16-11)5-6-14/h10H,3-9,14H2,1-2H3,(H,15,18). The molecule has 0 fully saturated rings. The van der Waals surface area contributed by atoms with Gasteiger partial charge >= 0.3 is 0 Å². The number of carbonyl (C=O) groups is 1. The summed E-state index contributed by atoms with van der Waals surface area (Å²) < 4.78 is 0. The van der Waals surface area contributed by atoms with E-state index in [4.69, 9.17) is 5.73 Å². The number of nitrogens with zero attached hydrogens (tertiary/aromatic N) is 2. The fraction of sp³-hybridized carbons (Fsp3) is 0.692. The normalized spacial score (nSPS) is 10.9. The quantitative estimate of drug-likeness (QED) is 0.653. The third kappa shape index (κ3) is 7.25. The van der Waals surface area contributed by atoms with Gasteiger partial charge in [0.1, 0.15) is 0 Å². The Hall–Kier alpha value is -0.980. The Balaban J connectivity index is 2.16. The van der Waals surface area contributed by atoms with Gasteiger partial charge in [0, 0.05) is 18.3 Å². The van der Waals surface area contributed by atoms with Crippen molar-refractivity contribution in [1.29, 1.82) is 0 Å². The second-order valence-electron chi connectivity index (χ2n) is 4.81. The summed E-state index contributed by atoms with van der Waals surface area (Å²) in [7, 11) is 4.11. The van der Waals surface area contributed by atoms with Crippen LogP contribution in [0.25, 0.3) is 0 Å². The smallest absolute Gasteiger partial charge is 0.226 e. The van der Waals surface area contributed by atoms with Gasteiger partial charge in [-0.25, -0.2) is 4.98 Å². The molecule has 1 heterocycles. The van der Waals surface area contributed by atoms with E-state index in [2.05, 4.69) is 29.3 Å². The Morgan fingerprint density at radius 2 is 2.26 bits per heavy atom. The van der Waals surface area contributed by atoms with Gasteiger partial charge in [0.15, 0.2) is 0 Å².